The predicted molar refractivity (Wildman–Crippen MR) is 173 cm³/mol. The zero-order chi connectivity index (χ0) is 39.3. The fraction of sp³-hybridized carbons (Fsp3) is 0.545. The molecule has 3 aliphatic heterocycles. The molecule has 15 atom stereocenters. The Hall–Kier alpha value is -3.91. The Labute approximate surface area is 303 Å². The van der Waals surface area contributed by atoms with Crippen LogP contribution in [0.1, 0.15) is 6.92 Å². The maximum absolute atomic E-state index is 14.0. The molecule has 3 aromatic rings. The predicted octanol–water partition coefficient (Wildman–Crippen LogP) is -4.21. The number of hydrogen-bond acceptors (Lipinski definition) is 21. The molecule has 0 amide bonds. The van der Waals surface area contributed by atoms with Gasteiger partial charge in [-0.15, -0.1) is 0 Å². The molecule has 13 N–H and O–H groups in total. The van der Waals surface area contributed by atoms with Crippen molar-refractivity contribution >= 4 is 11.0 Å². The quantitative estimate of drug-likeness (QED) is 0.0917. The zero-order valence-corrected chi connectivity index (χ0v) is 28.0. The third-order valence-electron chi connectivity index (χ3n) is 9.40. The van der Waals surface area contributed by atoms with Crippen LogP contribution >= 0.6 is 0 Å². The van der Waals surface area contributed by atoms with Gasteiger partial charge in [-0.2, -0.15) is 0 Å². The summed E-state index contributed by atoms with van der Waals surface area (Å²) in [6.07, 6.45) is -25.2. The molecule has 0 unspecified atom stereocenters. The Balaban J connectivity index is 1.32. The van der Waals surface area contributed by atoms with Gasteiger partial charge in [0.2, 0.25) is 23.8 Å². The van der Waals surface area contributed by atoms with Gasteiger partial charge in [-0.3, -0.25) is 4.79 Å². The van der Waals surface area contributed by atoms with Gasteiger partial charge in [-0.05, 0) is 25.1 Å². The molecule has 3 fully saturated rings. The molecule has 4 heterocycles. The van der Waals surface area contributed by atoms with Crippen LogP contribution in [-0.4, -0.2) is 172 Å². The molecule has 3 saturated heterocycles. The molecule has 54 heavy (non-hydrogen) atoms. The van der Waals surface area contributed by atoms with E-state index in [-0.39, 0.29) is 16.9 Å². The number of benzene rings is 2. The highest BCUT2D eigenvalue weighted by Crippen LogP contribution is 2.40. The Morgan fingerprint density at radius 3 is 1.81 bits per heavy atom. The van der Waals surface area contributed by atoms with E-state index in [9.17, 15) is 71.2 Å². The van der Waals surface area contributed by atoms with Crippen molar-refractivity contribution in [1.82, 2.24) is 0 Å². The summed E-state index contributed by atoms with van der Waals surface area (Å²) in [5.74, 6) is -3.49. The molecule has 2 aromatic carbocycles. The highest BCUT2D eigenvalue weighted by Gasteiger charge is 2.51. The van der Waals surface area contributed by atoms with Gasteiger partial charge >= 0.3 is 0 Å². The van der Waals surface area contributed by atoms with E-state index in [0.29, 0.717) is 0 Å². The number of rotatable bonds is 9. The summed E-state index contributed by atoms with van der Waals surface area (Å²) in [7, 11) is 0. The number of aliphatic hydroxyl groups excluding tert-OH is 10. The molecule has 1 aromatic heterocycles. The summed E-state index contributed by atoms with van der Waals surface area (Å²) in [6, 6.07) is 5.23. The average Bonchev–Trinajstić information content (AvgIpc) is 3.14. The highest BCUT2D eigenvalue weighted by molar-refractivity contribution is 5.88. The SMILES string of the molecule is C[C@@H]1O[C@@H](Oc2c(-c3ccc(O)c(O)c3)oc3cc(O[C@@H]4O[C@H](CO)[C@H](O)[C@H](O)[C@H]4O)cc(O)c3c2=O)[C@H](O)[C@H](O)[C@H]1O[C@@H]1O[C@H](CO)[C@@H](O)[C@H](O)[C@H]1O. The van der Waals surface area contributed by atoms with Gasteiger partial charge in [-0.25, -0.2) is 0 Å². The Bertz CT molecular complexity index is 1850. The first-order valence-corrected chi connectivity index (χ1v) is 16.5. The van der Waals surface area contributed by atoms with Crippen LogP contribution in [0.5, 0.6) is 28.7 Å². The molecule has 0 saturated carbocycles. The van der Waals surface area contributed by atoms with E-state index in [1.54, 1.807) is 0 Å². The lowest BCUT2D eigenvalue weighted by Gasteiger charge is -2.45. The highest BCUT2D eigenvalue weighted by atomic mass is 16.7. The van der Waals surface area contributed by atoms with Crippen molar-refractivity contribution in [1.29, 1.82) is 0 Å². The minimum absolute atomic E-state index is 0.0956. The standard InChI is InChI=1S/C33H40O21/c1-9-28(53-33-26(46)23(43)20(40)17(8-35)52-33)24(44)27(47)31(48-9)54-30-21(41)18-14(38)5-11(49-32-25(45)22(42)19(39)16(7-34)51-32)6-15(18)50-29(30)10-2-3-12(36)13(37)4-10/h2-6,9,16-17,19-20,22-28,31-40,42-47H,7-8H2,1H3/t9-,16+,17+,19-,20+,22-,23-,24-,25+,26+,27+,28-,31-,32+,33-/m0/s1. The maximum atomic E-state index is 14.0. The van der Waals surface area contributed by atoms with E-state index >= 15 is 0 Å². The fourth-order valence-corrected chi connectivity index (χ4v) is 6.33. The summed E-state index contributed by atoms with van der Waals surface area (Å²) in [5.41, 5.74) is -1.57. The van der Waals surface area contributed by atoms with E-state index in [1.165, 1.54) is 13.0 Å². The van der Waals surface area contributed by atoms with Crippen molar-refractivity contribution in [2.75, 3.05) is 13.2 Å². The maximum Gasteiger partial charge on any atom is 0.239 e. The van der Waals surface area contributed by atoms with Gasteiger partial charge in [-0.1, -0.05) is 0 Å². The van der Waals surface area contributed by atoms with E-state index in [4.69, 9.17) is 32.8 Å². The van der Waals surface area contributed by atoms with Crippen molar-refractivity contribution in [3.63, 3.8) is 0 Å². The summed E-state index contributed by atoms with van der Waals surface area (Å²) in [4.78, 5) is 14.0. The lowest BCUT2D eigenvalue weighted by molar-refractivity contribution is -0.348. The van der Waals surface area contributed by atoms with Gasteiger partial charge in [0.25, 0.3) is 0 Å². The van der Waals surface area contributed by atoms with Gasteiger partial charge in [0, 0.05) is 17.7 Å². The van der Waals surface area contributed by atoms with Crippen molar-refractivity contribution in [2.45, 2.75) is 99.0 Å². The largest absolute Gasteiger partial charge is 0.507 e. The van der Waals surface area contributed by atoms with E-state index in [1.807, 2.05) is 0 Å². The Morgan fingerprint density at radius 2 is 1.20 bits per heavy atom. The topological polar surface area (TPSA) is 349 Å². The lowest BCUT2D eigenvalue weighted by Crippen LogP contribution is -2.64. The van der Waals surface area contributed by atoms with Crippen LogP contribution in [0.15, 0.2) is 39.5 Å². The Kier molecular flexibility index (Phi) is 11.5. The zero-order valence-electron chi connectivity index (χ0n) is 28.0. The fourth-order valence-electron chi connectivity index (χ4n) is 6.33. The summed E-state index contributed by atoms with van der Waals surface area (Å²) < 4.78 is 39.3. The third-order valence-corrected chi connectivity index (χ3v) is 9.40. The molecule has 0 radical (unpaired) electrons. The molecule has 0 bridgehead atoms. The molecule has 0 spiro atoms. The first kappa shape index (κ1) is 39.8. The molecular weight excluding hydrogens is 732 g/mol. The molecule has 3 aliphatic rings. The third kappa shape index (κ3) is 7.27. The molecule has 6 rings (SSSR count). The van der Waals surface area contributed by atoms with Crippen molar-refractivity contribution in [2.24, 2.45) is 0 Å². The monoisotopic (exact) mass is 772 g/mol. The van der Waals surface area contributed by atoms with E-state index < -0.39 is 145 Å². The summed E-state index contributed by atoms with van der Waals surface area (Å²) in [6.45, 7) is -0.166. The van der Waals surface area contributed by atoms with Gasteiger partial charge < -0.3 is 99.2 Å². The minimum atomic E-state index is -2.02. The van der Waals surface area contributed by atoms with Crippen LogP contribution in [0.3, 0.4) is 0 Å². The number of aliphatic hydroxyl groups is 10. The van der Waals surface area contributed by atoms with Crippen LogP contribution in [0.4, 0.5) is 0 Å². The number of hydrogen-bond donors (Lipinski definition) is 13. The van der Waals surface area contributed by atoms with E-state index in [2.05, 4.69) is 0 Å². The van der Waals surface area contributed by atoms with Crippen molar-refractivity contribution in [3.05, 3.63) is 40.6 Å². The second-order valence-electron chi connectivity index (χ2n) is 13.0. The molecule has 0 aliphatic carbocycles. The van der Waals surface area contributed by atoms with Crippen LogP contribution in [-0.2, 0) is 18.9 Å². The molecule has 21 nitrogen and oxygen atoms in total. The normalized spacial score (nSPS) is 37.3. The molecule has 298 valence electrons. The van der Waals surface area contributed by atoms with Crippen LogP contribution < -0.4 is 14.9 Å². The van der Waals surface area contributed by atoms with Crippen molar-refractivity contribution < 1.29 is 99.2 Å². The second kappa shape index (κ2) is 15.7. The molecular formula is C33H40O21. The average molecular weight is 773 g/mol. The van der Waals surface area contributed by atoms with Gasteiger partial charge in [0.05, 0.1) is 19.3 Å². The van der Waals surface area contributed by atoms with Crippen molar-refractivity contribution in [3.8, 4) is 40.1 Å². The number of ether oxygens (including phenoxy) is 6. The summed E-state index contributed by atoms with van der Waals surface area (Å²) in [5, 5.41) is 133. The van der Waals surface area contributed by atoms with E-state index in [0.717, 1.165) is 24.3 Å². The number of phenolic OH excluding ortho intramolecular Hbond substituents is 3. The lowest BCUT2D eigenvalue weighted by atomic mass is 9.97. The minimum Gasteiger partial charge on any atom is -0.507 e. The number of aromatic hydroxyl groups is 3. The Morgan fingerprint density at radius 1 is 0.630 bits per heavy atom. The van der Waals surface area contributed by atoms with Gasteiger partial charge in [0.1, 0.15) is 89.6 Å². The number of phenols is 3. The van der Waals surface area contributed by atoms with Crippen LogP contribution in [0.2, 0.25) is 0 Å². The van der Waals surface area contributed by atoms with Crippen LogP contribution in [0, 0.1) is 0 Å². The van der Waals surface area contributed by atoms with Crippen LogP contribution in [0.25, 0.3) is 22.3 Å². The smallest absolute Gasteiger partial charge is 0.239 e. The first-order chi connectivity index (χ1) is 25.6. The summed E-state index contributed by atoms with van der Waals surface area (Å²) >= 11 is 0. The second-order valence-corrected chi connectivity index (χ2v) is 13.0. The van der Waals surface area contributed by atoms with Gasteiger partial charge in [0.15, 0.2) is 23.5 Å². The first-order valence-electron chi connectivity index (χ1n) is 16.5. The number of fused-ring (bicyclic) bond motifs is 1. The molecule has 21 heteroatoms.